The molecular weight excluding hydrogens is 354 g/mol. The summed E-state index contributed by atoms with van der Waals surface area (Å²) in [6, 6.07) is 10.8. The third-order valence-corrected chi connectivity index (χ3v) is 3.81. The second-order valence-corrected chi connectivity index (χ2v) is 5.83. The number of hydrogen-bond acceptors (Lipinski definition) is 2. The fourth-order valence-electron chi connectivity index (χ4n) is 2.01. The van der Waals surface area contributed by atoms with Crippen molar-refractivity contribution < 1.29 is 4.79 Å². The molecule has 1 aromatic carbocycles. The summed E-state index contributed by atoms with van der Waals surface area (Å²) in [5.41, 5.74) is 2.08. The largest absolute Gasteiger partial charge is 0.346 e. The second kappa shape index (κ2) is 5.87. The van der Waals surface area contributed by atoms with Crippen LogP contribution in [-0.2, 0) is 6.54 Å². The van der Waals surface area contributed by atoms with Gasteiger partial charge in [-0.1, -0.05) is 23.7 Å². The molecule has 2 heterocycles. The number of nitrogens with one attached hydrogen (secondary N) is 1. The van der Waals surface area contributed by atoms with Crippen molar-refractivity contribution in [3.8, 4) is 0 Å². The van der Waals surface area contributed by atoms with E-state index in [-0.39, 0.29) is 5.91 Å². The average Bonchev–Trinajstić information content (AvgIpc) is 2.87. The maximum absolute atomic E-state index is 12.1. The van der Waals surface area contributed by atoms with Crippen LogP contribution in [0.1, 0.15) is 16.1 Å². The highest BCUT2D eigenvalue weighted by Gasteiger charge is 2.10. The SMILES string of the molecule is O=C(NCc1cn2cc(Br)ccc2n1)c1ccccc1Cl. The number of halogens is 2. The van der Waals surface area contributed by atoms with Crippen molar-refractivity contribution >= 4 is 39.1 Å². The quantitative estimate of drug-likeness (QED) is 0.770. The minimum atomic E-state index is -0.209. The second-order valence-electron chi connectivity index (χ2n) is 4.51. The third kappa shape index (κ3) is 3.09. The van der Waals surface area contributed by atoms with Gasteiger partial charge in [0, 0.05) is 16.9 Å². The maximum atomic E-state index is 12.1. The van der Waals surface area contributed by atoms with Crippen LogP contribution in [-0.4, -0.2) is 15.3 Å². The predicted octanol–water partition coefficient (Wildman–Crippen LogP) is 3.68. The number of aromatic nitrogens is 2. The molecule has 106 valence electrons. The molecule has 1 amide bonds. The number of amides is 1. The standard InChI is InChI=1S/C15H11BrClN3O/c16-10-5-6-14-19-11(9-20(14)8-10)7-18-15(21)12-3-1-2-4-13(12)17/h1-6,8-9H,7H2,(H,18,21). The van der Waals surface area contributed by atoms with Crippen molar-refractivity contribution in [3.63, 3.8) is 0 Å². The van der Waals surface area contributed by atoms with Crippen LogP contribution >= 0.6 is 27.5 Å². The Labute approximate surface area is 134 Å². The van der Waals surface area contributed by atoms with E-state index >= 15 is 0 Å². The molecule has 2 aromatic heterocycles. The van der Waals surface area contributed by atoms with Gasteiger partial charge in [-0.25, -0.2) is 4.98 Å². The van der Waals surface area contributed by atoms with Crippen LogP contribution in [0.15, 0.2) is 53.3 Å². The van der Waals surface area contributed by atoms with Crippen LogP contribution in [0.5, 0.6) is 0 Å². The first-order valence-corrected chi connectivity index (χ1v) is 7.46. The van der Waals surface area contributed by atoms with Gasteiger partial charge in [0.2, 0.25) is 0 Å². The zero-order chi connectivity index (χ0) is 14.8. The van der Waals surface area contributed by atoms with Crippen molar-refractivity contribution in [1.29, 1.82) is 0 Å². The van der Waals surface area contributed by atoms with Gasteiger partial charge < -0.3 is 9.72 Å². The van der Waals surface area contributed by atoms with E-state index in [0.717, 1.165) is 15.8 Å². The zero-order valence-electron chi connectivity index (χ0n) is 10.9. The summed E-state index contributed by atoms with van der Waals surface area (Å²) in [5.74, 6) is -0.209. The lowest BCUT2D eigenvalue weighted by Gasteiger charge is -2.04. The Morgan fingerprint density at radius 3 is 2.86 bits per heavy atom. The van der Waals surface area contributed by atoms with E-state index in [4.69, 9.17) is 11.6 Å². The monoisotopic (exact) mass is 363 g/mol. The van der Waals surface area contributed by atoms with E-state index in [2.05, 4.69) is 26.2 Å². The maximum Gasteiger partial charge on any atom is 0.253 e. The number of benzene rings is 1. The molecule has 0 spiro atoms. The Morgan fingerprint density at radius 1 is 1.24 bits per heavy atom. The highest BCUT2D eigenvalue weighted by Crippen LogP contribution is 2.15. The molecule has 0 radical (unpaired) electrons. The molecule has 0 aliphatic rings. The average molecular weight is 365 g/mol. The molecule has 0 atom stereocenters. The summed E-state index contributed by atoms with van der Waals surface area (Å²) in [5, 5.41) is 3.26. The van der Waals surface area contributed by atoms with Crippen LogP contribution in [0, 0.1) is 0 Å². The fraction of sp³-hybridized carbons (Fsp3) is 0.0667. The Morgan fingerprint density at radius 2 is 2.05 bits per heavy atom. The van der Waals surface area contributed by atoms with Gasteiger partial charge in [-0.15, -0.1) is 0 Å². The zero-order valence-corrected chi connectivity index (χ0v) is 13.2. The number of imidazole rings is 1. The number of carbonyl (C=O) groups is 1. The molecule has 21 heavy (non-hydrogen) atoms. The molecule has 3 rings (SSSR count). The van der Waals surface area contributed by atoms with Crippen LogP contribution in [0.25, 0.3) is 5.65 Å². The summed E-state index contributed by atoms with van der Waals surface area (Å²) in [4.78, 5) is 16.5. The third-order valence-electron chi connectivity index (χ3n) is 3.01. The number of pyridine rings is 1. The fourth-order valence-corrected chi connectivity index (χ4v) is 2.59. The van der Waals surface area contributed by atoms with E-state index < -0.39 is 0 Å². The number of carbonyl (C=O) groups excluding carboxylic acids is 1. The van der Waals surface area contributed by atoms with Gasteiger partial charge in [-0.2, -0.15) is 0 Å². The van der Waals surface area contributed by atoms with Gasteiger partial charge in [0.25, 0.3) is 5.91 Å². The Kier molecular flexibility index (Phi) is 3.94. The van der Waals surface area contributed by atoms with Gasteiger partial charge in [-0.3, -0.25) is 4.79 Å². The first kappa shape index (κ1) is 14.1. The van der Waals surface area contributed by atoms with E-state index in [9.17, 15) is 4.79 Å². The van der Waals surface area contributed by atoms with Gasteiger partial charge in [0.1, 0.15) is 5.65 Å². The van der Waals surface area contributed by atoms with Crippen molar-refractivity contribution in [3.05, 3.63) is 69.5 Å². The molecule has 0 aliphatic heterocycles. The first-order chi connectivity index (χ1) is 10.1. The Balaban J connectivity index is 1.74. The molecule has 0 bridgehead atoms. The van der Waals surface area contributed by atoms with Crippen molar-refractivity contribution in [2.24, 2.45) is 0 Å². The van der Waals surface area contributed by atoms with Crippen LogP contribution in [0.2, 0.25) is 5.02 Å². The number of fused-ring (bicyclic) bond motifs is 1. The van der Waals surface area contributed by atoms with Crippen LogP contribution < -0.4 is 5.32 Å². The van der Waals surface area contributed by atoms with Crippen molar-refractivity contribution in [2.75, 3.05) is 0 Å². The lowest BCUT2D eigenvalue weighted by molar-refractivity contribution is 0.0950. The lowest BCUT2D eigenvalue weighted by Crippen LogP contribution is -2.23. The smallest absolute Gasteiger partial charge is 0.253 e. The molecular formula is C15H11BrClN3O. The highest BCUT2D eigenvalue weighted by molar-refractivity contribution is 9.10. The lowest BCUT2D eigenvalue weighted by atomic mass is 10.2. The minimum Gasteiger partial charge on any atom is -0.346 e. The normalized spacial score (nSPS) is 10.8. The molecule has 1 N–H and O–H groups in total. The van der Waals surface area contributed by atoms with E-state index in [1.54, 1.807) is 24.3 Å². The summed E-state index contributed by atoms with van der Waals surface area (Å²) in [6.45, 7) is 0.351. The predicted molar refractivity (Wildman–Crippen MR) is 85.5 cm³/mol. The Hall–Kier alpha value is -1.85. The summed E-state index contributed by atoms with van der Waals surface area (Å²) in [7, 11) is 0. The number of nitrogens with zero attached hydrogens (tertiary/aromatic N) is 2. The van der Waals surface area contributed by atoms with E-state index in [1.165, 1.54) is 0 Å². The Bertz CT molecular complexity index is 816. The molecule has 0 saturated carbocycles. The van der Waals surface area contributed by atoms with Gasteiger partial charge in [0.15, 0.2) is 0 Å². The molecule has 0 aliphatic carbocycles. The molecule has 0 unspecified atom stereocenters. The van der Waals surface area contributed by atoms with Crippen LogP contribution in [0.4, 0.5) is 0 Å². The minimum absolute atomic E-state index is 0.209. The summed E-state index contributed by atoms with van der Waals surface area (Å²) < 4.78 is 2.88. The van der Waals surface area contributed by atoms with Crippen molar-refractivity contribution in [2.45, 2.75) is 6.54 Å². The first-order valence-electron chi connectivity index (χ1n) is 6.29. The molecule has 0 saturated heterocycles. The number of rotatable bonds is 3. The van der Waals surface area contributed by atoms with Crippen molar-refractivity contribution in [1.82, 2.24) is 14.7 Å². The van der Waals surface area contributed by atoms with Gasteiger partial charge >= 0.3 is 0 Å². The topological polar surface area (TPSA) is 46.4 Å². The van der Waals surface area contributed by atoms with E-state index in [1.807, 2.05) is 28.9 Å². The highest BCUT2D eigenvalue weighted by atomic mass is 79.9. The van der Waals surface area contributed by atoms with E-state index in [0.29, 0.717) is 17.1 Å². The van der Waals surface area contributed by atoms with Gasteiger partial charge in [0.05, 0.1) is 22.8 Å². The summed E-state index contributed by atoms with van der Waals surface area (Å²) in [6.07, 6.45) is 3.80. The molecule has 6 heteroatoms. The summed E-state index contributed by atoms with van der Waals surface area (Å²) >= 11 is 9.41. The van der Waals surface area contributed by atoms with Crippen LogP contribution in [0.3, 0.4) is 0 Å². The molecule has 0 fully saturated rings. The molecule has 3 aromatic rings. The van der Waals surface area contributed by atoms with Gasteiger partial charge in [-0.05, 0) is 40.2 Å². The number of hydrogen-bond donors (Lipinski definition) is 1. The molecule has 4 nitrogen and oxygen atoms in total.